The van der Waals surface area contributed by atoms with Gasteiger partial charge in [-0.1, -0.05) is 12.1 Å². The van der Waals surface area contributed by atoms with E-state index in [9.17, 15) is 14.4 Å². The van der Waals surface area contributed by atoms with Gasteiger partial charge in [-0.2, -0.15) is 0 Å². The van der Waals surface area contributed by atoms with E-state index in [4.69, 9.17) is 4.42 Å². The van der Waals surface area contributed by atoms with Crippen LogP contribution < -0.4 is 5.32 Å². The Balaban J connectivity index is 1.54. The normalized spacial score (nSPS) is 22.3. The standard InChI is InChI=1S/C20H20N2O4/c1-20(17-7-4-10-26-17)18(24)22(19(25)21-20)12-16(23)15-9-8-13-5-2-3-6-14(13)11-15/h4,7-11H,2-3,5-6,12H2,1H3,(H,21,25)/t20-/m0/s1. The molecule has 4 rings (SSSR count). The molecule has 0 spiro atoms. The van der Waals surface area contributed by atoms with Gasteiger partial charge < -0.3 is 9.73 Å². The number of furan rings is 1. The highest BCUT2D eigenvalue weighted by atomic mass is 16.3. The highest BCUT2D eigenvalue weighted by molar-refractivity contribution is 6.11. The zero-order valence-electron chi connectivity index (χ0n) is 14.6. The van der Waals surface area contributed by atoms with Crippen LogP contribution in [0, 0.1) is 0 Å². The predicted octanol–water partition coefficient (Wildman–Crippen LogP) is 2.81. The molecular formula is C20H20N2O4. The van der Waals surface area contributed by atoms with E-state index in [0.29, 0.717) is 11.3 Å². The lowest BCUT2D eigenvalue weighted by Crippen LogP contribution is -2.41. The van der Waals surface area contributed by atoms with Crippen molar-refractivity contribution < 1.29 is 18.8 Å². The first-order valence-corrected chi connectivity index (χ1v) is 8.82. The number of carbonyl (C=O) groups is 3. The van der Waals surface area contributed by atoms with E-state index in [-0.39, 0.29) is 12.3 Å². The molecule has 1 aliphatic carbocycles. The first kappa shape index (κ1) is 16.6. The number of hydrogen-bond donors (Lipinski definition) is 1. The van der Waals surface area contributed by atoms with Crippen molar-refractivity contribution in [2.45, 2.75) is 38.1 Å². The minimum Gasteiger partial charge on any atom is -0.466 e. The zero-order chi connectivity index (χ0) is 18.3. The monoisotopic (exact) mass is 352 g/mol. The molecule has 134 valence electrons. The summed E-state index contributed by atoms with van der Waals surface area (Å²) in [6.07, 6.45) is 5.75. The Morgan fingerprint density at radius 1 is 1.19 bits per heavy atom. The van der Waals surface area contributed by atoms with Gasteiger partial charge in [-0.05, 0) is 61.9 Å². The molecule has 6 nitrogen and oxygen atoms in total. The van der Waals surface area contributed by atoms with Crippen LogP contribution in [0.1, 0.15) is 47.0 Å². The van der Waals surface area contributed by atoms with Crippen molar-refractivity contribution in [3.63, 3.8) is 0 Å². The number of nitrogens with one attached hydrogen (secondary N) is 1. The Hall–Kier alpha value is -2.89. The van der Waals surface area contributed by atoms with Gasteiger partial charge in [0, 0.05) is 5.56 Å². The van der Waals surface area contributed by atoms with E-state index < -0.39 is 17.5 Å². The van der Waals surface area contributed by atoms with Gasteiger partial charge in [0.2, 0.25) is 0 Å². The van der Waals surface area contributed by atoms with E-state index in [2.05, 4.69) is 5.32 Å². The third-order valence-electron chi connectivity index (χ3n) is 5.26. The van der Waals surface area contributed by atoms with Crippen molar-refractivity contribution in [1.29, 1.82) is 0 Å². The van der Waals surface area contributed by atoms with Crippen LogP contribution in [0.2, 0.25) is 0 Å². The van der Waals surface area contributed by atoms with E-state index in [1.807, 2.05) is 12.1 Å². The van der Waals surface area contributed by atoms with Crippen molar-refractivity contribution in [2.24, 2.45) is 0 Å². The lowest BCUT2D eigenvalue weighted by Gasteiger charge is -2.19. The molecule has 1 atom stereocenters. The summed E-state index contributed by atoms with van der Waals surface area (Å²) in [7, 11) is 0. The number of aryl methyl sites for hydroxylation is 2. The van der Waals surface area contributed by atoms with E-state index in [1.165, 1.54) is 23.8 Å². The largest absolute Gasteiger partial charge is 0.466 e. The van der Waals surface area contributed by atoms with Crippen LogP contribution >= 0.6 is 0 Å². The van der Waals surface area contributed by atoms with Crippen molar-refractivity contribution in [2.75, 3.05) is 6.54 Å². The highest BCUT2D eigenvalue weighted by Crippen LogP contribution is 2.29. The second-order valence-corrected chi connectivity index (χ2v) is 7.04. The van der Waals surface area contributed by atoms with E-state index in [0.717, 1.165) is 24.2 Å². The summed E-state index contributed by atoms with van der Waals surface area (Å²) in [5.74, 6) is -0.381. The number of fused-ring (bicyclic) bond motifs is 1. The van der Waals surface area contributed by atoms with Gasteiger partial charge in [0.05, 0.1) is 12.8 Å². The molecule has 0 bridgehead atoms. The van der Waals surface area contributed by atoms with Gasteiger partial charge >= 0.3 is 6.03 Å². The molecule has 1 fully saturated rings. The first-order chi connectivity index (χ1) is 12.5. The molecule has 0 saturated carbocycles. The van der Waals surface area contributed by atoms with Gasteiger partial charge in [0.1, 0.15) is 5.76 Å². The van der Waals surface area contributed by atoms with Crippen molar-refractivity contribution in [3.05, 3.63) is 59.0 Å². The van der Waals surface area contributed by atoms with Crippen LogP contribution in [0.3, 0.4) is 0 Å². The number of imide groups is 1. The summed E-state index contributed by atoms with van der Waals surface area (Å²) in [5.41, 5.74) is 1.74. The molecule has 2 aromatic rings. The summed E-state index contributed by atoms with van der Waals surface area (Å²) in [4.78, 5) is 38.7. The average molecular weight is 352 g/mol. The van der Waals surface area contributed by atoms with Gasteiger partial charge in [-0.3, -0.25) is 14.5 Å². The minimum absolute atomic E-state index is 0.245. The second-order valence-electron chi connectivity index (χ2n) is 7.04. The summed E-state index contributed by atoms with van der Waals surface area (Å²) < 4.78 is 5.29. The second kappa shape index (κ2) is 6.12. The van der Waals surface area contributed by atoms with Crippen LogP contribution in [0.4, 0.5) is 4.79 Å². The van der Waals surface area contributed by atoms with E-state index >= 15 is 0 Å². The molecular weight excluding hydrogens is 332 g/mol. The summed E-state index contributed by atoms with van der Waals surface area (Å²) in [6, 6.07) is 8.38. The van der Waals surface area contributed by atoms with E-state index in [1.54, 1.807) is 25.1 Å². The Bertz CT molecular complexity index is 887. The lowest BCUT2D eigenvalue weighted by molar-refractivity contribution is -0.131. The van der Waals surface area contributed by atoms with Crippen molar-refractivity contribution >= 4 is 17.7 Å². The number of rotatable bonds is 4. The number of hydrogen-bond acceptors (Lipinski definition) is 4. The molecule has 1 aliphatic heterocycles. The number of benzene rings is 1. The lowest BCUT2D eigenvalue weighted by atomic mass is 9.89. The number of nitrogens with zero attached hydrogens (tertiary/aromatic N) is 1. The zero-order valence-corrected chi connectivity index (χ0v) is 14.6. The molecule has 1 saturated heterocycles. The number of urea groups is 1. The molecule has 1 N–H and O–H groups in total. The van der Waals surface area contributed by atoms with Crippen molar-refractivity contribution in [1.82, 2.24) is 10.2 Å². The number of amides is 3. The third-order valence-corrected chi connectivity index (χ3v) is 5.26. The fourth-order valence-electron chi connectivity index (χ4n) is 3.71. The predicted molar refractivity (Wildman–Crippen MR) is 93.7 cm³/mol. The Kier molecular flexibility index (Phi) is 3.90. The quantitative estimate of drug-likeness (QED) is 0.678. The SMILES string of the molecule is C[C@@]1(c2ccco2)NC(=O)N(CC(=O)c2ccc3c(c2)CCCC3)C1=O. The first-order valence-electron chi connectivity index (χ1n) is 8.82. The summed E-state index contributed by atoms with van der Waals surface area (Å²) >= 11 is 0. The number of carbonyl (C=O) groups excluding carboxylic acids is 3. The fourth-order valence-corrected chi connectivity index (χ4v) is 3.71. The molecule has 2 heterocycles. The van der Waals surface area contributed by atoms with Crippen LogP contribution in [0.5, 0.6) is 0 Å². The Morgan fingerprint density at radius 3 is 2.69 bits per heavy atom. The molecule has 3 amide bonds. The smallest absolute Gasteiger partial charge is 0.325 e. The molecule has 1 aromatic carbocycles. The van der Waals surface area contributed by atoms with Gasteiger partial charge in [0.25, 0.3) is 5.91 Å². The van der Waals surface area contributed by atoms with Crippen LogP contribution in [0.15, 0.2) is 41.0 Å². The number of Topliss-reactive ketones (excluding diaryl/α,β-unsaturated/α-hetero) is 1. The molecule has 26 heavy (non-hydrogen) atoms. The highest BCUT2D eigenvalue weighted by Gasteiger charge is 2.51. The maximum atomic E-state index is 12.8. The van der Waals surface area contributed by atoms with Crippen molar-refractivity contribution in [3.8, 4) is 0 Å². The third kappa shape index (κ3) is 2.62. The summed E-state index contributed by atoms with van der Waals surface area (Å²) in [5, 5.41) is 2.63. The number of ketones is 1. The van der Waals surface area contributed by atoms with Crippen LogP contribution in [-0.4, -0.2) is 29.2 Å². The van der Waals surface area contributed by atoms with Gasteiger partial charge in [-0.25, -0.2) is 4.79 Å². The maximum Gasteiger partial charge on any atom is 0.325 e. The minimum atomic E-state index is -1.28. The summed E-state index contributed by atoms with van der Waals surface area (Å²) in [6.45, 7) is 1.30. The molecule has 6 heteroatoms. The molecule has 0 unspecified atom stereocenters. The van der Waals surface area contributed by atoms with Crippen LogP contribution in [-0.2, 0) is 23.2 Å². The molecule has 1 aromatic heterocycles. The van der Waals surface area contributed by atoms with Crippen LogP contribution in [0.25, 0.3) is 0 Å². The fraction of sp³-hybridized carbons (Fsp3) is 0.350. The average Bonchev–Trinajstić information content (AvgIpc) is 3.26. The molecule has 0 radical (unpaired) electrons. The van der Waals surface area contributed by atoms with Gasteiger partial charge in [0.15, 0.2) is 11.3 Å². The van der Waals surface area contributed by atoms with Gasteiger partial charge in [-0.15, -0.1) is 0 Å². The topological polar surface area (TPSA) is 79.6 Å². The maximum absolute atomic E-state index is 12.8. The molecule has 2 aliphatic rings. The Labute approximate surface area is 151 Å². The Morgan fingerprint density at radius 2 is 1.96 bits per heavy atom.